The summed E-state index contributed by atoms with van der Waals surface area (Å²) in [7, 11) is 0. The molecular formula is C18H24N2O3S. The lowest BCUT2D eigenvalue weighted by molar-refractivity contribution is -0.141. The van der Waals surface area contributed by atoms with E-state index >= 15 is 0 Å². The van der Waals surface area contributed by atoms with Gasteiger partial charge in [-0.2, -0.15) is 5.10 Å². The molecule has 0 spiro atoms. The van der Waals surface area contributed by atoms with Gasteiger partial charge < -0.3 is 4.74 Å². The zero-order valence-electron chi connectivity index (χ0n) is 14.9. The Kier molecular flexibility index (Phi) is 5.94. The molecule has 0 amide bonds. The van der Waals surface area contributed by atoms with Crippen LogP contribution in [0.5, 0.6) is 0 Å². The molecule has 0 unspecified atom stereocenters. The third-order valence-corrected chi connectivity index (χ3v) is 4.81. The number of aromatic nitrogens is 2. The van der Waals surface area contributed by atoms with Gasteiger partial charge in [-0.05, 0) is 38.8 Å². The van der Waals surface area contributed by atoms with Crippen LogP contribution in [0.4, 0.5) is 0 Å². The zero-order valence-corrected chi connectivity index (χ0v) is 15.7. The van der Waals surface area contributed by atoms with E-state index in [0.29, 0.717) is 10.8 Å². The molecule has 0 N–H and O–H groups in total. The number of carbonyl (C=O) groups is 2. The molecule has 0 bridgehead atoms. The first-order valence-electron chi connectivity index (χ1n) is 8.06. The molecule has 130 valence electrons. The first-order valence-corrected chi connectivity index (χ1v) is 8.87. The molecule has 0 saturated carbocycles. The Labute approximate surface area is 146 Å². The maximum atomic E-state index is 12.1. The quantitative estimate of drug-likeness (QED) is 0.567. The molecule has 0 aromatic carbocycles. The Morgan fingerprint density at radius 3 is 2.54 bits per heavy atom. The minimum absolute atomic E-state index is 0.145. The second-order valence-electron chi connectivity index (χ2n) is 6.40. The van der Waals surface area contributed by atoms with Crippen LogP contribution in [0.2, 0.25) is 0 Å². The van der Waals surface area contributed by atoms with E-state index in [0.717, 1.165) is 28.4 Å². The Morgan fingerprint density at radius 1 is 1.25 bits per heavy atom. The van der Waals surface area contributed by atoms with Crippen LogP contribution in [0, 0.1) is 26.7 Å². The van der Waals surface area contributed by atoms with E-state index in [1.807, 2.05) is 31.5 Å². The first kappa shape index (κ1) is 18.4. The van der Waals surface area contributed by atoms with Gasteiger partial charge in [-0.1, -0.05) is 13.8 Å². The summed E-state index contributed by atoms with van der Waals surface area (Å²) in [6.45, 7) is 10.7. The van der Waals surface area contributed by atoms with Crippen LogP contribution in [0.15, 0.2) is 12.1 Å². The number of rotatable bonds is 7. The zero-order chi connectivity index (χ0) is 17.9. The molecule has 0 aliphatic heterocycles. The third kappa shape index (κ3) is 4.54. The largest absolute Gasteiger partial charge is 0.457 e. The van der Waals surface area contributed by atoms with E-state index in [9.17, 15) is 9.59 Å². The molecule has 6 heteroatoms. The average Bonchev–Trinajstić information content (AvgIpc) is 3.04. The van der Waals surface area contributed by atoms with E-state index in [4.69, 9.17) is 4.74 Å². The van der Waals surface area contributed by atoms with Crippen molar-refractivity contribution in [2.75, 3.05) is 6.61 Å². The Morgan fingerprint density at radius 2 is 1.96 bits per heavy atom. The molecule has 2 rings (SSSR count). The van der Waals surface area contributed by atoms with Gasteiger partial charge in [-0.3, -0.25) is 14.3 Å². The van der Waals surface area contributed by atoms with Gasteiger partial charge >= 0.3 is 5.97 Å². The van der Waals surface area contributed by atoms with Gasteiger partial charge in [0.2, 0.25) is 5.78 Å². The van der Waals surface area contributed by atoms with Crippen LogP contribution in [0.25, 0.3) is 0 Å². The highest BCUT2D eigenvalue weighted by atomic mass is 32.1. The predicted octanol–water partition coefficient (Wildman–Crippen LogP) is 3.49. The van der Waals surface area contributed by atoms with Crippen molar-refractivity contribution < 1.29 is 14.3 Å². The Hall–Kier alpha value is -1.95. The molecule has 0 fully saturated rings. The molecule has 5 nitrogen and oxygen atoms in total. The number of thiophene rings is 1. The van der Waals surface area contributed by atoms with E-state index in [1.54, 1.807) is 6.07 Å². The lowest BCUT2D eigenvalue weighted by Crippen LogP contribution is -2.15. The molecule has 0 saturated heterocycles. The predicted molar refractivity (Wildman–Crippen MR) is 94.6 cm³/mol. The number of aryl methyl sites for hydroxylation is 2. The van der Waals surface area contributed by atoms with Crippen LogP contribution in [-0.4, -0.2) is 28.1 Å². The van der Waals surface area contributed by atoms with Gasteiger partial charge in [-0.25, -0.2) is 0 Å². The normalized spacial score (nSPS) is 11.1. The number of hydrogen-bond acceptors (Lipinski definition) is 5. The molecule has 2 aromatic heterocycles. The number of Topliss-reactive ketones (excluding diaryl/α,β-unsaturated/α-hetero) is 1. The van der Waals surface area contributed by atoms with E-state index in [2.05, 4.69) is 18.9 Å². The van der Waals surface area contributed by atoms with Crippen LogP contribution in [-0.2, 0) is 22.5 Å². The van der Waals surface area contributed by atoms with Crippen LogP contribution in [0.3, 0.4) is 0 Å². The summed E-state index contributed by atoms with van der Waals surface area (Å²) in [6.07, 6.45) is 0.145. The average molecular weight is 348 g/mol. The number of nitrogens with zero attached hydrogens (tertiary/aromatic N) is 2. The minimum atomic E-state index is -0.396. The number of ether oxygens (including phenoxy) is 1. The maximum Gasteiger partial charge on any atom is 0.310 e. The van der Waals surface area contributed by atoms with Gasteiger partial charge in [0.05, 0.1) is 17.0 Å². The SMILES string of the molecule is Cc1ccc(C(=O)COC(=O)Cc2c(C)nn(CC(C)C)c2C)s1. The summed E-state index contributed by atoms with van der Waals surface area (Å²) >= 11 is 1.41. The molecule has 24 heavy (non-hydrogen) atoms. The van der Waals surface area contributed by atoms with Crippen LogP contribution >= 0.6 is 11.3 Å². The van der Waals surface area contributed by atoms with Crippen LogP contribution < -0.4 is 0 Å². The molecule has 0 aliphatic carbocycles. The smallest absolute Gasteiger partial charge is 0.310 e. The van der Waals surface area contributed by atoms with E-state index in [-0.39, 0.29) is 18.8 Å². The van der Waals surface area contributed by atoms with E-state index < -0.39 is 5.97 Å². The Balaban J connectivity index is 1.95. The Bertz CT molecular complexity index is 744. The van der Waals surface area contributed by atoms with Crippen molar-refractivity contribution in [2.24, 2.45) is 5.92 Å². The van der Waals surface area contributed by atoms with Crippen LogP contribution in [0.1, 0.15) is 45.3 Å². The first-order chi connectivity index (χ1) is 11.3. The fourth-order valence-corrected chi connectivity index (χ4v) is 3.30. The van der Waals surface area contributed by atoms with Gasteiger partial charge in [0.25, 0.3) is 0 Å². The molecule has 0 atom stereocenters. The summed E-state index contributed by atoms with van der Waals surface area (Å²) in [5, 5.41) is 4.49. The van der Waals surface area contributed by atoms with Crippen molar-refractivity contribution in [2.45, 2.75) is 47.6 Å². The summed E-state index contributed by atoms with van der Waals surface area (Å²) in [4.78, 5) is 25.8. The number of hydrogen-bond donors (Lipinski definition) is 0. The summed E-state index contributed by atoms with van der Waals surface area (Å²) < 4.78 is 7.09. The highest BCUT2D eigenvalue weighted by Gasteiger charge is 2.18. The second-order valence-corrected chi connectivity index (χ2v) is 7.68. The van der Waals surface area contributed by atoms with Crippen molar-refractivity contribution >= 4 is 23.1 Å². The minimum Gasteiger partial charge on any atom is -0.457 e. The van der Waals surface area contributed by atoms with E-state index in [1.165, 1.54) is 11.3 Å². The van der Waals surface area contributed by atoms with Gasteiger partial charge in [-0.15, -0.1) is 11.3 Å². The van der Waals surface area contributed by atoms with Crippen molar-refractivity contribution in [1.29, 1.82) is 0 Å². The second kappa shape index (κ2) is 7.75. The highest BCUT2D eigenvalue weighted by molar-refractivity contribution is 7.14. The number of carbonyl (C=O) groups excluding carboxylic acids is 2. The molecule has 2 aromatic rings. The highest BCUT2D eigenvalue weighted by Crippen LogP contribution is 2.17. The molecule has 2 heterocycles. The van der Waals surface area contributed by atoms with Gasteiger partial charge in [0, 0.05) is 22.7 Å². The summed E-state index contributed by atoms with van der Waals surface area (Å²) in [5.41, 5.74) is 2.71. The van der Waals surface area contributed by atoms with Crippen molar-refractivity contribution in [1.82, 2.24) is 9.78 Å². The third-order valence-electron chi connectivity index (χ3n) is 3.77. The topological polar surface area (TPSA) is 61.2 Å². The summed E-state index contributed by atoms with van der Waals surface area (Å²) in [5.74, 6) is -0.0769. The number of ketones is 1. The fourth-order valence-electron chi connectivity index (χ4n) is 2.51. The maximum absolute atomic E-state index is 12.1. The van der Waals surface area contributed by atoms with Gasteiger partial charge in [0.15, 0.2) is 6.61 Å². The van der Waals surface area contributed by atoms with Crippen molar-refractivity contribution in [3.05, 3.63) is 38.8 Å². The molecule has 0 aliphatic rings. The lowest BCUT2D eigenvalue weighted by Gasteiger charge is -2.08. The van der Waals surface area contributed by atoms with Crippen molar-refractivity contribution in [3.63, 3.8) is 0 Å². The standard InChI is InChI=1S/C18H24N2O3S/c1-11(2)9-20-14(5)15(13(4)19-20)8-18(22)23-10-16(21)17-7-6-12(3)24-17/h6-7,11H,8-10H2,1-5H3. The fraction of sp³-hybridized carbons (Fsp3) is 0.500. The van der Waals surface area contributed by atoms with Gasteiger partial charge in [0.1, 0.15) is 0 Å². The monoisotopic (exact) mass is 348 g/mol. The molecular weight excluding hydrogens is 324 g/mol. The lowest BCUT2D eigenvalue weighted by atomic mass is 10.1. The molecule has 0 radical (unpaired) electrons. The summed E-state index contributed by atoms with van der Waals surface area (Å²) in [6, 6.07) is 3.65. The number of esters is 1. The van der Waals surface area contributed by atoms with Crippen molar-refractivity contribution in [3.8, 4) is 0 Å².